The van der Waals surface area contributed by atoms with Crippen LogP contribution >= 0.6 is 0 Å². The Morgan fingerprint density at radius 3 is 2.35 bits per heavy atom. The SMILES string of the molecule is CCCCOc1ccc(S(=O)(=O)N[C@@H](C(=O)NO)C(C)C)cc1. The van der Waals surface area contributed by atoms with Crippen LogP contribution in [0.2, 0.25) is 0 Å². The largest absolute Gasteiger partial charge is 0.494 e. The number of unbranched alkanes of at least 4 members (excludes halogenated alkanes) is 1. The molecule has 0 unspecified atom stereocenters. The van der Waals surface area contributed by atoms with Gasteiger partial charge in [-0.25, -0.2) is 13.9 Å². The third-order valence-corrected chi connectivity index (χ3v) is 4.70. The number of rotatable bonds is 9. The molecule has 8 heteroatoms. The lowest BCUT2D eigenvalue weighted by Gasteiger charge is -2.20. The molecule has 0 aliphatic carbocycles. The Labute approximate surface area is 137 Å². The molecule has 130 valence electrons. The summed E-state index contributed by atoms with van der Waals surface area (Å²) < 4.78 is 32.4. The van der Waals surface area contributed by atoms with E-state index in [2.05, 4.69) is 11.6 Å². The van der Waals surface area contributed by atoms with Crippen LogP contribution in [0.1, 0.15) is 33.6 Å². The number of carbonyl (C=O) groups excluding carboxylic acids is 1. The number of nitrogens with one attached hydrogen (secondary N) is 2. The first-order valence-corrected chi connectivity index (χ1v) is 8.99. The maximum Gasteiger partial charge on any atom is 0.261 e. The van der Waals surface area contributed by atoms with Crippen LogP contribution in [-0.2, 0) is 14.8 Å². The molecular formula is C15H24N2O5S. The van der Waals surface area contributed by atoms with Crippen molar-refractivity contribution in [1.29, 1.82) is 0 Å². The summed E-state index contributed by atoms with van der Waals surface area (Å²) in [5, 5.41) is 8.71. The number of hydroxylamine groups is 1. The van der Waals surface area contributed by atoms with E-state index in [-0.39, 0.29) is 10.8 Å². The van der Waals surface area contributed by atoms with Gasteiger partial charge in [0.2, 0.25) is 10.0 Å². The summed E-state index contributed by atoms with van der Waals surface area (Å²) in [6.45, 7) is 5.98. The number of hydrogen-bond acceptors (Lipinski definition) is 5. The highest BCUT2D eigenvalue weighted by molar-refractivity contribution is 7.89. The molecule has 3 N–H and O–H groups in total. The van der Waals surface area contributed by atoms with Crippen molar-refractivity contribution in [3.05, 3.63) is 24.3 Å². The molecule has 0 saturated heterocycles. The highest BCUT2D eigenvalue weighted by atomic mass is 32.2. The van der Waals surface area contributed by atoms with Crippen LogP contribution in [-0.4, -0.2) is 32.2 Å². The fourth-order valence-electron chi connectivity index (χ4n) is 1.85. The molecule has 0 spiro atoms. The molecule has 1 aromatic carbocycles. The summed E-state index contributed by atoms with van der Waals surface area (Å²) in [6, 6.07) is 4.91. The van der Waals surface area contributed by atoms with E-state index in [0.717, 1.165) is 12.8 Å². The van der Waals surface area contributed by atoms with E-state index in [4.69, 9.17) is 9.94 Å². The summed E-state index contributed by atoms with van der Waals surface area (Å²) >= 11 is 0. The molecule has 0 bridgehead atoms. The van der Waals surface area contributed by atoms with E-state index in [1.165, 1.54) is 17.6 Å². The summed E-state index contributed by atoms with van der Waals surface area (Å²) in [7, 11) is -3.88. The lowest BCUT2D eigenvalue weighted by Crippen LogP contribution is -2.48. The van der Waals surface area contributed by atoms with Crippen LogP contribution in [0.4, 0.5) is 0 Å². The molecule has 0 fully saturated rings. The van der Waals surface area contributed by atoms with Crippen molar-refractivity contribution >= 4 is 15.9 Å². The van der Waals surface area contributed by atoms with Gasteiger partial charge in [-0.1, -0.05) is 27.2 Å². The molecule has 1 aromatic rings. The van der Waals surface area contributed by atoms with Gasteiger partial charge in [-0.05, 0) is 36.6 Å². The Hall–Kier alpha value is -1.64. The van der Waals surface area contributed by atoms with Gasteiger partial charge in [-0.2, -0.15) is 4.72 Å². The first-order valence-electron chi connectivity index (χ1n) is 7.51. The van der Waals surface area contributed by atoms with Gasteiger partial charge in [0.05, 0.1) is 11.5 Å². The van der Waals surface area contributed by atoms with Crippen LogP contribution in [0.25, 0.3) is 0 Å². The summed E-state index contributed by atoms with van der Waals surface area (Å²) in [4.78, 5) is 11.6. The standard InChI is InChI=1S/C15H24N2O5S/c1-4-5-10-22-12-6-8-13(9-7-12)23(20,21)17-14(11(2)3)15(18)16-19/h6-9,11,14,17,19H,4-5,10H2,1-3H3,(H,16,18)/t14-/m1/s1. The Morgan fingerprint density at radius 2 is 1.87 bits per heavy atom. The molecule has 7 nitrogen and oxygen atoms in total. The van der Waals surface area contributed by atoms with Crippen molar-refractivity contribution in [2.45, 2.75) is 44.6 Å². The van der Waals surface area contributed by atoms with Gasteiger partial charge < -0.3 is 4.74 Å². The van der Waals surface area contributed by atoms with Crippen LogP contribution in [0.5, 0.6) is 5.75 Å². The molecule has 0 aliphatic rings. The molecule has 1 rings (SSSR count). The molecule has 0 aromatic heterocycles. The quantitative estimate of drug-likeness (QED) is 0.359. The van der Waals surface area contributed by atoms with Crippen molar-refractivity contribution in [2.24, 2.45) is 5.92 Å². The van der Waals surface area contributed by atoms with Gasteiger partial charge in [0.25, 0.3) is 5.91 Å². The fraction of sp³-hybridized carbons (Fsp3) is 0.533. The minimum absolute atomic E-state index is 0.0248. The van der Waals surface area contributed by atoms with Crippen LogP contribution < -0.4 is 14.9 Å². The first-order chi connectivity index (χ1) is 10.8. The smallest absolute Gasteiger partial charge is 0.261 e. The van der Waals surface area contributed by atoms with Crippen molar-refractivity contribution in [3.8, 4) is 5.75 Å². The van der Waals surface area contributed by atoms with Gasteiger partial charge in [-0.3, -0.25) is 10.0 Å². The van der Waals surface area contributed by atoms with E-state index in [9.17, 15) is 13.2 Å². The summed E-state index contributed by atoms with van der Waals surface area (Å²) in [6.07, 6.45) is 1.94. The molecule has 0 radical (unpaired) electrons. The van der Waals surface area contributed by atoms with Gasteiger partial charge in [0, 0.05) is 0 Å². The van der Waals surface area contributed by atoms with Gasteiger partial charge in [0.15, 0.2) is 0 Å². The molecule has 0 saturated carbocycles. The Kier molecular flexibility index (Phi) is 7.47. The zero-order valence-corrected chi connectivity index (χ0v) is 14.4. The lowest BCUT2D eigenvalue weighted by atomic mass is 10.1. The molecule has 23 heavy (non-hydrogen) atoms. The number of benzene rings is 1. The summed E-state index contributed by atoms with van der Waals surface area (Å²) in [5.74, 6) is -0.539. The van der Waals surface area contributed by atoms with Gasteiger partial charge in [0.1, 0.15) is 11.8 Å². The third-order valence-electron chi connectivity index (χ3n) is 3.24. The predicted octanol–water partition coefficient (Wildman–Crippen LogP) is 1.67. The minimum atomic E-state index is -3.88. The second-order valence-electron chi connectivity index (χ2n) is 5.49. The van der Waals surface area contributed by atoms with Crippen molar-refractivity contribution in [3.63, 3.8) is 0 Å². The van der Waals surface area contributed by atoms with E-state index in [1.807, 2.05) is 0 Å². The third kappa shape index (κ3) is 5.81. The normalized spacial score (nSPS) is 12.9. The van der Waals surface area contributed by atoms with Crippen LogP contribution in [0, 0.1) is 5.92 Å². The highest BCUT2D eigenvalue weighted by Crippen LogP contribution is 2.17. The average molecular weight is 344 g/mol. The van der Waals surface area contributed by atoms with E-state index in [0.29, 0.717) is 12.4 Å². The number of ether oxygens (including phenoxy) is 1. The topological polar surface area (TPSA) is 105 Å². The van der Waals surface area contributed by atoms with E-state index >= 15 is 0 Å². The molecular weight excluding hydrogens is 320 g/mol. The Morgan fingerprint density at radius 1 is 1.26 bits per heavy atom. The molecule has 1 atom stereocenters. The fourth-order valence-corrected chi connectivity index (χ4v) is 3.19. The van der Waals surface area contributed by atoms with E-state index in [1.54, 1.807) is 26.0 Å². The first kappa shape index (κ1) is 19.4. The molecule has 0 aliphatic heterocycles. The predicted molar refractivity (Wildman–Crippen MR) is 85.7 cm³/mol. The maximum absolute atomic E-state index is 12.3. The van der Waals surface area contributed by atoms with Crippen molar-refractivity contribution < 1.29 is 23.2 Å². The summed E-state index contributed by atoms with van der Waals surface area (Å²) in [5.41, 5.74) is 1.47. The van der Waals surface area contributed by atoms with Gasteiger partial charge >= 0.3 is 0 Å². The Bertz CT molecular complexity index is 599. The van der Waals surface area contributed by atoms with Crippen molar-refractivity contribution in [1.82, 2.24) is 10.2 Å². The van der Waals surface area contributed by atoms with E-state index < -0.39 is 22.0 Å². The zero-order valence-electron chi connectivity index (χ0n) is 13.6. The number of sulfonamides is 1. The monoisotopic (exact) mass is 344 g/mol. The number of hydrogen-bond donors (Lipinski definition) is 3. The average Bonchev–Trinajstić information content (AvgIpc) is 2.52. The lowest BCUT2D eigenvalue weighted by molar-refractivity contribution is -0.131. The second-order valence-corrected chi connectivity index (χ2v) is 7.21. The molecule has 0 heterocycles. The van der Waals surface area contributed by atoms with Crippen molar-refractivity contribution in [2.75, 3.05) is 6.61 Å². The second kappa shape index (κ2) is 8.85. The van der Waals surface area contributed by atoms with Crippen LogP contribution in [0.3, 0.4) is 0 Å². The Balaban J connectivity index is 2.84. The van der Waals surface area contributed by atoms with Crippen LogP contribution in [0.15, 0.2) is 29.2 Å². The van der Waals surface area contributed by atoms with Gasteiger partial charge in [-0.15, -0.1) is 0 Å². The molecule has 1 amide bonds. The minimum Gasteiger partial charge on any atom is -0.494 e. The highest BCUT2D eigenvalue weighted by Gasteiger charge is 2.28. The maximum atomic E-state index is 12.3. The number of carbonyl (C=O) groups is 1. The number of amides is 1. The zero-order chi connectivity index (χ0) is 17.5.